The van der Waals surface area contributed by atoms with Crippen LogP contribution in [0.1, 0.15) is 93.1 Å². The third-order valence-corrected chi connectivity index (χ3v) is 11.4. The van der Waals surface area contributed by atoms with E-state index in [0.717, 1.165) is 6.42 Å². The number of nitrogens with zero attached hydrogens (tertiary/aromatic N) is 1. The molecule has 0 aromatic heterocycles. The maximum absolute atomic E-state index is 14.1. The highest BCUT2D eigenvalue weighted by atomic mass is 16.7. The number of hydrogen-bond donors (Lipinski definition) is 3. The van der Waals surface area contributed by atoms with Crippen molar-refractivity contribution in [2.45, 2.75) is 142 Å². The molecule has 0 amide bonds. The van der Waals surface area contributed by atoms with E-state index in [4.69, 9.17) is 18.9 Å². The summed E-state index contributed by atoms with van der Waals surface area (Å²) in [4.78, 5) is 29.8. The Kier molecular flexibility index (Phi) is 15.3. The molecule has 3 N–H and O–H groups in total. The highest BCUT2D eigenvalue weighted by Crippen LogP contribution is 2.41. The Morgan fingerprint density at radius 2 is 1.69 bits per heavy atom. The molecule has 0 saturated carbocycles. The van der Waals surface area contributed by atoms with Crippen molar-refractivity contribution >= 4 is 11.8 Å². The summed E-state index contributed by atoms with van der Waals surface area (Å²) in [5.74, 6) is -2.97. The Bertz CT molecular complexity index is 1180. The Morgan fingerprint density at radius 1 is 1.04 bits per heavy atom. The number of cyclic esters (lactones) is 1. The molecule has 2 saturated heterocycles. The molecule has 0 aliphatic carbocycles. The van der Waals surface area contributed by atoms with Gasteiger partial charge in [-0.25, -0.2) is 0 Å². The monoisotopic (exact) mass is 690 g/mol. The lowest BCUT2D eigenvalue weighted by Gasteiger charge is -2.47. The number of rotatable bonds is 10. The molecule has 1 aromatic carbocycles. The molecule has 0 spiro atoms. The Morgan fingerprint density at radius 3 is 2.29 bits per heavy atom. The maximum atomic E-state index is 14.1. The Balaban J connectivity index is 1.97. The molecule has 10 nitrogen and oxygen atoms in total. The van der Waals surface area contributed by atoms with Crippen molar-refractivity contribution in [3.8, 4) is 0 Å². The summed E-state index contributed by atoms with van der Waals surface area (Å²) in [6.45, 7) is 16.6. The molecule has 1 aromatic rings. The van der Waals surface area contributed by atoms with Gasteiger partial charge in [0.1, 0.15) is 23.7 Å². The smallest absolute Gasteiger partial charge is 0.316 e. The summed E-state index contributed by atoms with van der Waals surface area (Å²) in [6, 6.07) is 10.00. The third-order valence-electron chi connectivity index (χ3n) is 11.4. The largest absolute Gasteiger partial charge is 0.459 e. The first-order valence-electron chi connectivity index (χ1n) is 18.4. The zero-order valence-electron chi connectivity index (χ0n) is 32.0. The van der Waals surface area contributed by atoms with Crippen LogP contribution in [0.15, 0.2) is 30.3 Å². The Hall–Kier alpha value is -1.92. The van der Waals surface area contributed by atoms with Gasteiger partial charge in [-0.2, -0.15) is 0 Å². The van der Waals surface area contributed by atoms with Crippen molar-refractivity contribution < 1.29 is 38.7 Å². The van der Waals surface area contributed by atoms with E-state index < -0.39 is 53.6 Å². The van der Waals surface area contributed by atoms with Gasteiger partial charge < -0.3 is 39.4 Å². The summed E-state index contributed by atoms with van der Waals surface area (Å²) in [5, 5.41) is 27.1. The fourth-order valence-electron chi connectivity index (χ4n) is 8.48. The predicted molar refractivity (Wildman–Crippen MR) is 191 cm³/mol. The number of ketones is 1. The normalized spacial score (nSPS) is 40.2. The van der Waals surface area contributed by atoms with Crippen molar-refractivity contribution in [3.63, 3.8) is 0 Å². The fourth-order valence-corrected chi connectivity index (χ4v) is 8.48. The molecule has 0 radical (unpaired) electrons. The van der Waals surface area contributed by atoms with E-state index in [2.05, 4.69) is 31.3 Å². The minimum absolute atomic E-state index is 0.0568. The van der Waals surface area contributed by atoms with Crippen molar-refractivity contribution in [1.82, 2.24) is 10.2 Å². The van der Waals surface area contributed by atoms with Gasteiger partial charge in [-0.3, -0.25) is 9.59 Å². The maximum Gasteiger partial charge on any atom is 0.316 e. The fraction of sp³-hybridized carbons (Fsp3) is 0.795. The SMILES string of the molecule is CC[C@H]1OC(=O)C(C)C(=O)[C@H](C)[C@@H](O[C@@H]2O[C@H](C)C[C@H](N(C)C)[C@H]2O)[C@](C)(OC)C[C@@H](C)CC(C)[C@@H](CCNCc2ccccc2)[C@]1(C)O. The number of likely N-dealkylation sites (N-methyl/N-ethyl adjacent to an activating group) is 1. The number of hydrogen-bond acceptors (Lipinski definition) is 10. The van der Waals surface area contributed by atoms with E-state index in [1.165, 1.54) is 5.56 Å². The first kappa shape index (κ1) is 41.5. The van der Waals surface area contributed by atoms with Crippen molar-refractivity contribution in [1.29, 1.82) is 0 Å². The first-order chi connectivity index (χ1) is 23.0. The average molecular weight is 691 g/mol. The number of methoxy groups -OCH3 is 1. The molecule has 2 heterocycles. The van der Waals surface area contributed by atoms with Crippen LogP contribution in [0, 0.1) is 29.6 Å². The molecule has 49 heavy (non-hydrogen) atoms. The molecule has 280 valence electrons. The van der Waals surface area contributed by atoms with Crippen LogP contribution in [0.3, 0.4) is 0 Å². The van der Waals surface area contributed by atoms with Gasteiger partial charge >= 0.3 is 5.97 Å². The van der Waals surface area contributed by atoms with E-state index in [1.807, 2.05) is 58.0 Å². The summed E-state index contributed by atoms with van der Waals surface area (Å²) in [6.07, 6.45) is -0.736. The van der Waals surface area contributed by atoms with Crippen LogP contribution in [0.5, 0.6) is 0 Å². The lowest BCUT2D eigenvalue weighted by molar-refractivity contribution is -0.295. The minimum Gasteiger partial charge on any atom is -0.459 e. The predicted octanol–water partition coefficient (Wildman–Crippen LogP) is 4.98. The first-order valence-corrected chi connectivity index (χ1v) is 18.4. The van der Waals surface area contributed by atoms with E-state index >= 15 is 0 Å². The number of carbonyl (C=O) groups is 2. The van der Waals surface area contributed by atoms with Gasteiger partial charge in [0.2, 0.25) is 0 Å². The van der Waals surface area contributed by atoms with Crippen LogP contribution in [0.2, 0.25) is 0 Å². The Labute approximate surface area is 295 Å². The molecule has 13 atom stereocenters. The minimum atomic E-state index is -1.33. The molecule has 3 rings (SSSR count). The van der Waals surface area contributed by atoms with E-state index in [0.29, 0.717) is 38.8 Å². The molecule has 0 bridgehead atoms. The van der Waals surface area contributed by atoms with Gasteiger partial charge in [0.15, 0.2) is 12.1 Å². The molecule has 2 fully saturated rings. The third kappa shape index (κ3) is 10.3. The van der Waals surface area contributed by atoms with Crippen LogP contribution in [0.4, 0.5) is 0 Å². The zero-order chi connectivity index (χ0) is 36.7. The molecule has 2 aliphatic heterocycles. The van der Waals surface area contributed by atoms with Crippen LogP contribution < -0.4 is 5.32 Å². The van der Waals surface area contributed by atoms with Crippen LogP contribution >= 0.6 is 0 Å². The van der Waals surface area contributed by atoms with Gasteiger partial charge in [0.25, 0.3) is 0 Å². The number of aliphatic hydroxyl groups is 2. The van der Waals surface area contributed by atoms with E-state index in [1.54, 1.807) is 27.9 Å². The van der Waals surface area contributed by atoms with Crippen molar-refractivity contribution in [2.24, 2.45) is 29.6 Å². The quantitative estimate of drug-likeness (QED) is 0.176. The van der Waals surface area contributed by atoms with E-state index in [9.17, 15) is 19.8 Å². The van der Waals surface area contributed by atoms with Gasteiger partial charge in [-0.15, -0.1) is 0 Å². The van der Waals surface area contributed by atoms with Gasteiger partial charge in [0, 0.05) is 25.6 Å². The van der Waals surface area contributed by atoms with Crippen LogP contribution in [0.25, 0.3) is 0 Å². The number of esters is 1. The molecular weight excluding hydrogens is 624 g/mol. The average Bonchev–Trinajstić information content (AvgIpc) is 3.05. The molecule has 2 unspecified atom stereocenters. The summed E-state index contributed by atoms with van der Waals surface area (Å²) < 4.78 is 25.1. The summed E-state index contributed by atoms with van der Waals surface area (Å²) in [5.41, 5.74) is -1.12. The molecule has 10 heteroatoms. The zero-order valence-corrected chi connectivity index (χ0v) is 32.0. The number of benzene rings is 1. The lowest BCUT2D eigenvalue weighted by Crippen LogP contribution is -2.59. The van der Waals surface area contributed by atoms with Gasteiger partial charge in [-0.05, 0) is 104 Å². The highest BCUT2D eigenvalue weighted by molar-refractivity contribution is 6.00. The standard InChI is InChI=1S/C39H66N2O8/c1-12-32-39(8,45)30(18-19-40-23-29-16-14-13-15-17-29)25(3)20-24(2)22-38(7,46-11)35(27(5)33(42)28(6)36(44)48-32)49-37-34(43)31(41(9)10)21-26(4)47-37/h13-17,24-28,30-32,34-35,37,40,43,45H,12,18-23H2,1-11H3/t24-,25?,26+,27-,28?,30+,31-,32+,34+,35+,37-,38+,39-/m0/s1. The molecular formula is C39H66N2O8. The lowest BCUT2D eigenvalue weighted by atomic mass is 9.70. The topological polar surface area (TPSA) is 127 Å². The van der Waals surface area contributed by atoms with Crippen molar-refractivity contribution in [3.05, 3.63) is 35.9 Å². The second-order valence-corrected chi connectivity index (χ2v) is 15.7. The van der Waals surface area contributed by atoms with Gasteiger partial charge in [0.05, 0.1) is 17.8 Å². The number of carbonyl (C=O) groups excluding carboxylic acids is 2. The van der Waals surface area contributed by atoms with Gasteiger partial charge in [-0.1, -0.05) is 58.0 Å². The molecule has 2 aliphatic rings. The van der Waals surface area contributed by atoms with Crippen molar-refractivity contribution in [2.75, 3.05) is 27.7 Å². The number of ether oxygens (including phenoxy) is 4. The summed E-state index contributed by atoms with van der Waals surface area (Å²) in [7, 11) is 5.45. The number of Topliss-reactive ketones (excluding diaryl/α,β-unsaturated/α-hetero) is 1. The number of nitrogens with one attached hydrogen (secondary N) is 1. The highest BCUT2D eigenvalue weighted by Gasteiger charge is 2.50. The second-order valence-electron chi connectivity index (χ2n) is 15.7. The van der Waals surface area contributed by atoms with Crippen LogP contribution in [-0.4, -0.2) is 103 Å². The van der Waals surface area contributed by atoms with Crippen LogP contribution in [-0.2, 0) is 35.1 Å². The van der Waals surface area contributed by atoms with E-state index in [-0.39, 0.29) is 35.7 Å². The second kappa shape index (κ2) is 18.0. The number of aliphatic hydroxyl groups excluding tert-OH is 1. The summed E-state index contributed by atoms with van der Waals surface area (Å²) >= 11 is 0.